The Kier molecular flexibility index (Phi) is 6.76. The van der Waals surface area contributed by atoms with Crippen molar-refractivity contribution in [2.45, 2.75) is 68.6 Å². The number of hydrogen-bond donors (Lipinski definition) is 1. The van der Waals surface area contributed by atoms with Crippen LogP contribution in [0.1, 0.15) is 51.0 Å². The van der Waals surface area contributed by atoms with Crippen molar-refractivity contribution in [1.82, 2.24) is 9.80 Å². The third-order valence-corrected chi connectivity index (χ3v) is 9.25. The molecule has 32 heavy (non-hydrogen) atoms. The first kappa shape index (κ1) is 23.0. The van der Waals surface area contributed by atoms with Gasteiger partial charge in [0.25, 0.3) is 5.91 Å². The molecule has 2 amide bonds. The van der Waals surface area contributed by atoms with Crippen LogP contribution in [0.15, 0.2) is 17.0 Å². The Balaban J connectivity index is 1.38. The van der Waals surface area contributed by atoms with E-state index in [4.69, 9.17) is 4.74 Å². The van der Waals surface area contributed by atoms with E-state index >= 15 is 0 Å². The van der Waals surface area contributed by atoms with Gasteiger partial charge in [0.15, 0.2) is 16.4 Å². The fraction of sp³-hybridized carbons (Fsp3) is 0.652. The number of nitrogens with one attached hydrogen (secondary N) is 1. The van der Waals surface area contributed by atoms with Crippen LogP contribution in [0.3, 0.4) is 0 Å². The summed E-state index contributed by atoms with van der Waals surface area (Å²) in [6.07, 6.45) is 6.36. The lowest BCUT2D eigenvalue weighted by molar-refractivity contribution is -0.133. The van der Waals surface area contributed by atoms with E-state index in [1.807, 2.05) is 4.90 Å². The predicted octanol–water partition coefficient (Wildman–Crippen LogP) is 2.36. The molecule has 3 aliphatic rings. The molecule has 9 heteroatoms. The van der Waals surface area contributed by atoms with Crippen molar-refractivity contribution in [2.75, 3.05) is 38.1 Å². The van der Waals surface area contributed by atoms with Crippen LogP contribution in [0.25, 0.3) is 0 Å². The first-order valence-electron chi connectivity index (χ1n) is 11.6. The highest BCUT2D eigenvalue weighted by Gasteiger charge is 2.32. The van der Waals surface area contributed by atoms with E-state index < -0.39 is 15.1 Å². The minimum Gasteiger partial charge on any atom is -0.482 e. The SMILES string of the molecule is Cc1cc2c(cc1S(=O)(=O)C(C)CC(=O)N1CCN(C3CCCCC3)CC1)OCC(=O)N2. The van der Waals surface area contributed by atoms with Crippen molar-refractivity contribution in [2.24, 2.45) is 0 Å². The molecular weight excluding hydrogens is 430 g/mol. The van der Waals surface area contributed by atoms with E-state index in [-0.39, 0.29) is 29.7 Å². The molecule has 1 saturated carbocycles. The van der Waals surface area contributed by atoms with E-state index in [1.165, 1.54) is 38.2 Å². The number of carbonyl (C=O) groups excluding carboxylic acids is 2. The van der Waals surface area contributed by atoms with Gasteiger partial charge >= 0.3 is 0 Å². The Hall–Kier alpha value is -2.13. The van der Waals surface area contributed by atoms with E-state index in [1.54, 1.807) is 19.9 Å². The molecule has 2 fully saturated rings. The van der Waals surface area contributed by atoms with Crippen LogP contribution in [0.2, 0.25) is 0 Å². The Labute approximate surface area is 190 Å². The van der Waals surface area contributed by atoms with Crippen molar-refractivity contribution in [3.63, 3.8) is 0 Å². The number of amides is 2. The first-order valence-corrected chi connectivity index (χ1v) is 13.1. The zero-order valence-corrected chi connectivity index (χ0v) is 19.7. The monoisotopic (exact) mass is 463 g/mol. The number of ether oxygens (including phenoxy) is 1. The fourth-order valence-electron chi connectivity index (χ4n) is 5.01. The minimum atomic E-state index is -3.73. The molecule has 1 aromatic rings. The Bertz CT molecular complexity index is 980. The second-order valence-corrected chi connectivity index (χ2v) is 11.6. The number of hydrogen-bond acceptors (Lipinski definition) is 6. The number of fused-ring (bicyclic) bond motifs is 1. The normalized spacial score (nSPS) is 21.4. The van der Waals surface area contributed by atoms with Crippen LogP contribution in [-0.4, -0.2) is 74.1 Å². The highest BCUT2D eigenvalue weighted by atomic mass is 32.2. The number of rotatable bonds is 5. The molecular formula is C23H33N3O5S. The van der Waals surface area contributed by atoms with Gasteiger partial charge in [-0.15, -0.1) is 0 Å². The van der Waals surface area contributed by atoms with Gasteiger partial charge < -0.3 is 15.0 Å². The molecule has 1 aromatic carbocycles. The topological polar surface area (TPSA) is 96.0 Å². The number of benzene rings is 1. The Morgan fingerprint density at radius 3 is 2.53 bits per heavy atom. The Morgan fingerprint density at radius 1 is 1.16 bits per heavy atom. The smallest absolute Gasteiger partial charge is 0.262 e. The largest absolute Gasteiger partial charge is 0.482 e. The van der Waals surface area contributed by atoms with Gasteiger partial charge in [0.05, 0.1) is 15.8 Å². The zero-order valence-electron chi connectivity index (χ0n) is 18.9. The van der Waals surface area contributed by atoms with Gasteiger partial charge in [-0.25, -0.2) is 8.42 Å². The van der Waals surface area contributed by atoms with Gasteiger partial charge in [0, 0.05) is 44.7 Å². The molecule has 2 aliphatic heterocycles. The molecule has 0 radical (unpaired) electrons. The van der Waals surface area contributed by atoms with Crippen molar-refractivity contribution in [3.05, 3.63) is 17.7 Å². The first-order chi connectivity index (χ1) is 15.3. The summed E-state index contributed by atoms with van der Waals surface area (Å²) in [6, 6.07) is 3.71. The average molecular weight is 464 g/mol. The van der Waals surface area contributed by atoms with Crippen LogP contribution >= 0.6 is 0 Å². The van der Waals surface area contributed by atoms with Crippen molar-refractivity contribution in [1.29, 1.82) is 0 Å². The number of carbonyl (C=O) groups is 2. The van der Waals surface area contributed by atoms with Gasteiger partial charge in [-0.1, -0.05) is 19.3 Å². The summed E-state index contributed by atoms with van der Waals surface area (Å²) in [6.45, 7) is 6.19. The third kappa shape index (κ3) is 4.78. The molecule has 8 nitrogen and oxygen atoms in total. The number of nitrogens with zero attached hydrogens (tertiary/aromatic N) is 2. The average Bonchev–Trinajstić information content (AvgIpc) is 2.79. The molecule has 0 aromatic heterocycles. The molecule has 4 rings (SSSR count). The van der Waals surface area contributed by atoms with E-state index in [2.05, 4.69) is 10.2 Å². The number of sulfone groups is 1. The van der Waals surface area contributed by atoms with Crippen LogP contribution in [0.4, 0.5) is 5.69 Å². The van der Waals surface area contributed by atoms with Gasteiger partial charge in [-0.2, -0.15) is 0 Å². The summed E-state index contributed by atoms with van der Waals surface area (Å²) in [5.74, 6) is -0.0373. The molecule has 2 heterocycles. The van der Waals surface area contributed by atoms with Crippen molar-refractivity contribution >= 4 is 27.3 Å². The second-order valence-electron chi connectivity index (χ2n) is 9.22. The summed E-state index contributed by atoms with van der Waals surface area (Å²) in [4.78, 5) is 28.9. The minimum absolute atomic E-state index is 0.0418. The second kappa shape index (κ2) is 9.39. The molecule has 1 saturated heterocycles. The van der Waals surface area contributed by atoms with E-state index in [9.17, 15) is 18.0 Å². The van der Waals surface area contributed by atoms with Gasteiger partial charge in [-0.05, 0) is 38.3 Å². The summed E-state index contributed by atoms with van der Waals surface area (Å²) >= 11 is 0. The molecule has 1 aliphatic carbocycles. The Morgan fingerprint density at radius 2 is 1.84 bits per heavy atom. The van der Waals surface area contributed by atoms with Gasteiger partial charge in [0.1, 0.15) is 5.75 Å². The standard InChI is InChI=1S/C23H33N3O5S/c1-16-12-19-20(31-15-22(27)24-19)14-21(16)32(29,30)17(2)13-23(28)26-10-8-25(9-11-26)18-6-4-3-5-7-18/h12,14,17-18H,3-11,13,15H2,1-2H3,(H,24,27). The highest BCUT2D eigenvalue weighted by Crippen LogP contribution is 2.34. The summed E-state index contributed by atoms with van der Waals surface area (Å²) in [5, 5.41) is 1.84. The maximum Gasteiger partial charge on any atom is 0.262 e. The maximum absolute atomic E-state index is 13.3. The zero-order chi connectivity index (χ0) is 22.9. The summed E-state index contributed by atoms with van der Waals surface area (Å²) in [7, 11) is -3.73. The fourth-order valence-corrected chi connectivity index (χ4v) is 6.58. The highest BCUT2D eigenvalue weighted by molar-refractivity contribution is 7.92. The van der Waals surface area contributed by atoms with Crippen LogP contribution in [-0.2, 0) is 19.4 Å². The molecule has 176 valence electrons. The lowest BCUT2D eigenvalue weighted by Crippen LogP contribution is -2.52. The summed E-state index contributed by atoms with van der Waals surface area (Å²) in [5.41, 5.74) is 0.993. The van der Waals surface area contributed by atoms with Gasteiger partial charge in [-0.3, -0.25) is 14.5 Å². The molecule has 0 spiro atoms. The van der Waals surface area contributed by atoms with Crippen molar-refractivity contribution in [3.8, 4) is 5.75 Å². The van der Waals surface area contributed by atoms with Gasteiger partial charge in [0.2, 0.25) is 5.91 Å². The lowest BCUT2D eigenvalue weighted by Gasteiger charge is -2.41. The lowest BCUT2D eigenvalue weighted by atomic mass is 9.94. The molecule has 0 bridgehead atoms. The van der Waals surface area contributed by atoms with Crippen LogP contribution in [0.5, 0.6) is 5.75 Å². The van der Waals surface area contributed by atoms with E-state index in [0.717, 1.165) is 13.1 Å². The van der Waals surface area contributed by atoms with E-state index in [0.29, 0.717) is 36.1 Å². The predicted molar refractivity (Wildman–Crippen MR) is 122 cm³/mol. The quantitative estimate of drug-likeness (QED) is 0.720. The number of aryl methyl sites for hydroxylation is 1. The summed E-state index contributed by atoms with van der Waals surface area (Å²) < 4.78 is 31.9. The molecule has 1 atom stereocenters. The number of piperazine rings is 1. The maximum atomic E-state index is 13.3. The molecule has 1 N–H and O–H groups in total. The van der Waals surface area contributed by atoms with Crippen LogP contribution in [0, 0.1) is 6.92 Å². The van der Waals surface area contributed by atoms with Crippen LogP contribution < -0.4 is 10.1 Å². The molecule has 1 unspecified atom stereocenters. The van der Waals surface area contributed by atoms with Crippen molar-refractivity contribution < 1.29 is 22.7 Å². The third-order valence-electron chi connectivity index (χ3n) is 6.97. The number of anilines is 1.